The molecule has 0 heterocycles. The molecule has 0 radical (unpaired) electrons. The Morgan fingerprint density at radius 2 is 1.40 bits per heavy atom. The summed E-state index contributed by atoms with van der Waals surface area (Å²) in [7, 11) is 1.65. The number of methoxy groups -OCH3 is 1. The zero-order valence-electron chi connectivity index (χ0n) is 17.8. The summed E-state index contributed by atoms with van der Waals surface area (Å²) in [6, 6.07) is 22.6. The summed E-state index contributed by atoms with van der Waals surface area (Å²) in [5, 5.41) is 0. The van der Waals surface area contributed by atoms with Crippen LogP contribution in [0.3, 0.4) is 0 Å². The van der Waals surface area contributed by atoms with E-state index in [1.165, 1.54) is 12.5 Å². The Bertz CT molecular complexity index is 1030. The minimum atomic E-state index is -0.363. The van der Waals surface area contributed by atoms with Crippen LogP contribution in [-0.4, -0.2) is 18.9 Å². The fraction of sp³-hybridized carbons (Fsp3) is 0.231. The fourth-order valence-corrected chi connectivity index (χ4v) is 3.35. The molecular weight excluding hydrogens is 376 g/mol. The molecule has 0 N–H and O–H groups in total. The van der Waals surface area contributed by atoms with Gasteiger partial charge in [0.15, 0.2) is 5.78 Å². The lowest BCUT2D eigenvalue weighted by Gasteiger charge is -2.26. The van der Waals surface area contributed by atoms with Gasteiger partial charge in [-0.1, -0.05) is 56.3 Å². The van der Waals surface area contributed by atoms with Crippen molar-refractivity contribution in [2.75, 3.05) is 7.11 Å². The van der Waals surface area contributed by atoms with Crippen LogP contribution in [0.25, 0.3) is 0 Å². The van der Waals surface area contributed by atoms with Gasteiger partial charge in [-0.3, -0.25) is 9.59 Å². The van der Waals surface area contributed by atoms with Crippen LogP contribution in [0.15, 0.2) is 72.8 Å². The van der Waals surface area contributed by atoms with Gasteiger partial charge in [0, 0.05) is 11.0 Å². The Morgan fingerprint density at radius 3 is 1.93 bits per heavy atom. The highest BCUT2D eigenvalue weighted by Crippen LogP contribution is 2.33. The molecule has 0 aromatic heterocycles. The molecule has 0 spiro atoms. The predicted molar refractivity (Wildman–Crippen MR) is 117 cm³/mol. The van der Waals surface area contributed by atoms with Gasteiger partial charge in [-0.2, -0.15) is 0 Å². The van der Waals surface area contributed by atoms with E-state index in [4.69, 9.17) is 9.47 Å². The van der Waals surface area contributed by atoms with Gasteiger partial charge < -0.3 is 9.47 Å². The van der Waals surface area contributed by atoms with Crippen molar-refractivity contribution in [2.24, 2.45) is 0 Å². The first-order valence-electron chi connectivity index (χ1n) is 9.85. The topological polar surface area (TPSA) is 52.6 Å². The number of esters is 1. The zero-order chi connectivity index (χ0) is 21.7. The van der Waals surface area contributed by atoms with Gasteiger partial charge >= 0.3 is 5.97 Å². The van der Waals surface area contributed by atoms with Crippen molar-refractivity contribution in [2.45, 2.75) is 32.6 Å². The van der Waals surface area contributed by atoms with Crippen LogP contribution < -0.4 is 9.47 Å². The fourth-order valence-electron chi connectivity index (χ4n) is 3.35. The van der Waals surface area contributed by atoms with E-state index in [1.54, 1.807) is 25.3 Å². The second-order valence-corrected chi connectivity index (χ2v) is 7.79. The van der Waals surface area contributed by atoms with Gasteiger partial charge in [-0.25, -0.2) is 0 Å². The summed E-state index contributed by atoms with van der Waals surface area (Å²) in [6.45, 7) is 5.81. The highest BCUT2D eigenvalue weighted by atomic mass is 16.5. The Morgan fingerprint density at radius 1 is 0.833 bits per heavy atom. The highest BCUT2D eigenvalue weighted by Gasteiger charge is 2.23. The van der Waals surface area contributed by atoms with Gasteiger partial charge in [0.05, 0.1) is 13.5 Å². The minimum Gasteiger partial charge on any atom is -0.497 e. The SMILES string of the molecule is COc1ccc(C(C)(C)c2ccc(OC(=O)Cc3cccc(C(C)=O)c3)cc2)cc1. The number of Topliss-reactive ketones (excluding diaryl/α,β-unsaturated/α-hetero) is 1. The molecule has 30 heavy (non-hydrogen) atoms. The van der Waals surface area contributed by atoms with Crippen LogP contribution in [0.4, 0.5) is 0 Å². The number of rotatable bonds is 7. The third-order valence-electron chi connectivity index (χ3n) is 5.30. The molecule has 154 valence electrons. The number of hydrogen-bond donors (Lipinski definition) is 0. The molecule has 0 unspecified atom stereocenters. The van der Waals surface area contributed by atoms with Crippen LogP contribution in [0.5, 0.6) is 11.5 Å². The first-order chi connectivity index (χ1) is 14.3. The van der Waals surface area contributed by atoms with Crippen LogP contribution in [-0.2, 0) is 16.6 Å². The summed E-state index contributed by atoms with van der Waals surface area (Å²) in [4.78, 5) is 23.8. The largest absolute Gasteiger partial charge is 0.497 e. The first-order valence-corrected chi connectivity index (χ1v) is 9.85. The van der Waals surface area contributed by atoms with E-state index in [0.717, 1.165) is 16.9 Å². The lowest BCUT2D eigenvalue weighted by molar-refractivity contribution is -0.133. The summed E-state index contributed by atoms with van der Waals surface area (Å²) in [6.07, 6.45) is 0.111. The molecule has 0 bridgehead atoms. The summed E-state index contributed by atoms with van der Waals surface area (Å²) < 4.78 is 10.7. The Balaban J connectivity index is 1.68. The lowest BCUT2D eigenvalue weighted by Crippen LogP contribution is -2.19. The monoisotopic (exact) mass is 402 g/mol. The van der Waals surface area contributed by atoms with Crippen LogP contribution in [0, 0.1) is 0 Å². The molecule has 0 aliphatic carbocycles. The smallest absolute Gasteiger partial charge is 0.315 e. The van der Waals surface area contributed by atoms with Crippen molar-refractivity contribution >= 4 is 11.8 Å². The van der Waals surface area contributed by atoms with E-state index in [1.807, 2.05) is 42.5 Å². The van der Waals surface area contributed by atoms with E-state index in [9.17, 15) is 9.59 Å². The molecule has 0 saturated carbocycles. The number of hydrogen-bond acceptors (Lipinski definition) is 4. The second kappa shape index (κ2) is 8.95. The molecule has 4 nitrogen and oxygen atoms in total. The summed E-state index contributed by atoms with van der Waals surface area (Å²) >= 11 is 0. The van der Waals surface area contributed by atoms with Gasteiger partial charge in [-0.15, -0.1) is 0 Å². The molecule has 0 saturated heterocycles. The predicted octanol–water partition coefficient (Wildman–Crippen LogP) is 5.37. The zero-order valence-corrected chi connectivity index (χ0v) is 17.8. The van der Waals surface area contributed by atoms with Crippen molar-refractivity contribution < 1.29 is 19.1 Å². The lowest BCUT2D eigenvalue weighted by atomic mass is 9.78. The van der Waals surface area contributed by atoms with Crippen molar-refractivity contribution in [3.63, 3.8) is 0 Å². The Labute approximate surface area is 177 Å². The molecule has 0 amide bonds. The molecule has 0 atom stereocenters. The number of ether oxygens (including phenoxy) is 2. The van der Waals surface area contributed by atoms with Crippen molar-refractivity contribution in [1.29, 1.82) is 0 Å². The van der Waals surface area contributed by atoms with Crippen molar-refractivity contribution in [1.82, 2.24) is 0 Å². The molecular formula is C26H26O4. The van der Waals surface area contributed by atoms with Crippen molar-refractivity contribution in [3.8, 4) is 11.5 Å². The second-order valence-electron chi connectivity index (χ2n) is 7.79. The van der Waals surface area contributed by atoms with E-state index >= 15 is 0 Å². The quantitative estimate of drug-likeness (QED) is 0.303. The third-order valence-corrected chi connectivity index (χ3v) is 5.30. The van der Waals surface area contributed by atoms with E-state index in [2.05, 4.69) is 26.0 Å². The van der Waals surface area contributed by atoms with E-state index in [-0.39, 0.29) is 23.6 Å². The molecule has 0 aliphatic rings. The van der Waals surface area contributed by atoms with Gasteiger partial charge in [-0.05, 0) is 53.9 Å². The highest BCUT2D eigenvalue weighted by molar-refractivity contribution is 5.94. The average Bonchev–Trinajstić information content (AvgIpc) is 2.74. The molecule has 3 aromatic rings. The summed E-state index contributed by atoms with van der Waals surface area (Å²) in [5.41, 5.74) is 3.41. The van der Waals surface area contributed by atoms with Crippen LogP contribution in [0.2, 0.25) is 0 Å². The number of benzene rings is 3. The maximum atomic E-state index is 12.3. The van der Waals surface area contributed by atoms with E-state index < -0.39 is 0 Å². The number of carbonyl (C=O) groups excluding carboxylic acids is 2. The Kier molecular flexibility index (Phi) is 6.36. The maximum absolute atomic E-state index is 12.3. The average molecular weight is 402 g/mol. The van der Waals surface area contributed by atoms with Gasteiger partial charge in [0.25, 0.3) is 0 Å². The molecule has 3 rings (SSSR count). The minimum absolute atomic E-state index is 0.0275. The van der Waals surface area contributed by atoms with Gasteiger partial charge in [0.1, 0.15) is 11.5 Å². The number of carbonyl (C=O) groups is 2. The molecule has 3 aromatic carbocycles. The number of ketones is 1. The van der Waals surface area contributed by atoms with Crippen molar-refractivity contribution in [3.05, 3.63) is 95.1 Å². The molecule has 4 heteroatoms. The molecule has 0 fully saturated rings. The standard InChI is InChI=1S/C26H26O4/c1-18(27)20-7-5-6-19(16-20)17-25(28)30-24-14-10-22(11-15-24)26(2,3)21-8-12-23(29-4)13-9-21/h5-16H,17H2,1-4H3. The third kappa shape index (κ3) is 4.95. The normalized spacial score (nSPS) is 11.1. The van der Waals surface area contributed by atoms with E-state index in [0.29, 0.717) is 11.3 Å². The summed E-state index contributed by atoms with van der Waals surface area (Å²) in [5.74, 6) is 0.931. The Hall–Kier alpha value is -3.40. The maximum Gasteiger partial charge on any atom is 0.315 e. The van der Waals surface area contributed by atoms with Crippen LogP contribution in [0.1, 0.15) is 47.8 Å². The first kappa shape index (κ1) is 21.3. The van der Waals surface area contributed by atoms with Gasteiger partial charge in [0.2, 0.25) is 0 Å². The molecule has 0 aliphatic heterocycles. The van der Waals surface area contributed by atoms with Crippen LogP contribution >= 0.6 is 0 Å².